The van der Waals surface area contributed by atoms with E-state index < -0.39 is 22.1 Å². The minimum absolute atomic E-state index is 0.0504. The zero-order chi connectivity index (χ0) is 21.6. The van der Waals surface area contributed by atoms with Gasteiger partial charge in [-0.15, -0.1) is 0 Å². The first kappa shape index (κ1) is 20.2. The number of pyridine rings is 1. The number of carbonyl (C=O) groups is 1. The molecule has 3 unspecified atom stereocenters. The van der Waals surface area contributed by atoms with Crippen LogP contribution in [0, 0.1) is 27.8 Å². The Hall–Kier alpha value is -3.09. The molecule has 1 aromatic carbocycles. The van der Waals surface area contributed by atoms with E-state index in [4.69, 9.17) is 0 Å². The van der Waals surface area contributed by atoms with E-state index in [-0.39, 0.29) is 28.9 Å². The van der Waals surface area contributed by atoms with Crippen LogP contribution in [0.3, 0.4) is 0 Å². The third-order valence-corrected chi connectivity index (χ3v) is 6.64. The van der Waals surface area contributed by atoms with Crippen molar-refractivity contribution in [1.29, 1.82) is 0 Å². The van der Waals surface area contributed by atoms with E-state index in [0.717, 1.165) is 23.1 Å². The van der Waals surface area contributed by atoms with E-state index in [1.807, 2.05) is 26.8 Å². The molecule has 0 aliphatic heterocycles. The number of non-ortho nitro benzene ring substituents is 1. The van der Waals surface area contributed by atoms with Gasteiger partial charge in [-0.3, -0.25) is 14.9 Å². The highest BCUT2D eigenvalue weighted by molar-refractivity contribution is 5.95. The molecular weight excluding hydrogens is 385 g/mol. The Kier molecular flexibility index (Phi) is 4.92. The third-order valence-electron chi connectivity index (χ3n) is 6.64. The summed E-state index contributed by atoms with van der Waals surface area (Å²) in [5.41, 5.74) is 0.556. The van der Waals surface area contributed by atoms with Gasteiger partial charge in [0.2, 0.25) is 0 Å². The molecule has 0 bridgehead atoms. The highest BCUT2D eigenvalue weighted by atomic mass is 19.1. The molecule has 0 saturated heterocycles. The Morgan fingerprint density at radius 3 is 2.80 bits per heavy atom. The minimum atomic E-state index is -0.913. The number of halogens is 1. The maximum atomic E-state index is 15.0. The van der Waals surface area contributed by atoms with E-state index in [1.165, 1.54) is 6.07 Å². The van der Waals surface area contributed by atoms with E-state index >= 15 is 4.39 Å². The van der Waals surface area contributed by atoms with Gasteiger partial charge in [-0.25, -0.2) is 9.37 Å². The first-order valence-corrected chi connectivity index (χ1v) is 10.1. The van der Waals surface area contributed by atoms with Crippen LogP contribution >= 0.6 is 0 Å². The largest absolute Gasteiger partial charge is 0.346 e. The normalized spacial score (nSPS) is 24.5. The molecule has 156 valence electrons. The number of hydrogen-bond acceptors (Lipinski definition) is 4. The summed E-state index contributed by atoms with van der Waals surface area (Å²) in [7, 11) is 0. The number of H-pyrrole nitrogens is 1. The number of hydrogen-bond donors (Lipinski definition) is 1. The molecule has 3 atom stereocenters. The maximum Gasteiger partial charge on any atom is 0.269 e. The lowest BCUT2D eigenvalue weighted by Gasteiger charge is -2.44. The first-order chi connectivity index (χ1) is 14.2. The number of nitrogens with one attached hydrogen (secondary N) is 1. The molecule has 0 radical (unpaired) electrons. The molecule has 6 nitrogen and oxygen atoms in total. The second-order valence-electron chi connectivity index (χ2n) is 8.71. The van der Waals surface area contributed by atoms with Crippen molar-refractivity contribution >= 4 is 22.5 Å². The van der Waals surface area contributed by atoms with Gasteiger partial charge < -0.3 is 4.98 Å². The Balaban J connectivity index is 1.95. The predicted molar refractivity (Wildman–Crippen MR) is 112 cm³/mol. The minimum Gasteiger partial charge on any atom is -0.346 e. The second-order valence-corrected chi connectivity index (χ2v) is 8.71. The van der Waals surface area contributed by atoms with Gasteiger partial charge in [-0.2, -0.15) is 0 Å². The first-order valence-electron chi connectivity index (χ1n) is 10.1. The number of fused-ring (bicyclic) bond motifs is 1. The standard InChI is InChI=1S/C23H24FN3O3/c1-13(2)15-8-9-23(3,18-11-14(27(29)30)6-7-19(18)24)20(21(15)28)17-12-26-22-16(17)5-4-10-25-22/h4-7,10-13,15,20H,8-9H2,1-3H3,(H,25,26). The topological polar surface area (TPSA) is 88.9 Å². The van der Waals surface area contributed by atoms with Gasteiger partial charge in [0.25, 0.3) is 5.69 Å². The van der Waals surface area contributed by atoms with Gasteiger partial charge in [0.15, 0.2) is 0 Å². The quantitative estimate of drug-likeness (QED) is 0.468. The number of aromatic nitrogens is 2. The summed E-state index contributed by atoms with van der Waals surface area (Å²) < 4.78 is 15.0. The van der Waals surface area contributed by atoms with Crippen molar-refractivity contribution < 1.29 is 14.1 Å². The van der Waals surface area contributed by atoms with Crippen LogP contribution in [0.2, 0.25) is 0 Å². The van der Waals surface area contributed by atoms with E-state index in [2.05, 4.69) is 9.97 Å². The summed E-state index contributed by atoms with van der Waals surface area (Å²) in [6.07, 6.45) is 4.61. The molecule has 2 aromatic heterocycles. The fourth-order valence-corrected chi connectivity index (χ4v) is 5.00. The number of nitro groups is 1. The average molecular weight is 409 g/mol. The summed E-state index contributed by atoms with van der Waals surface area (Å²) in [5, 5.41) is 12.2. The molecule has 0 amide bonds. The van der Waals surface area contributed by atoms with E-state index in [9.17, 15) is 14.9 Å². The third kappa shape index (κ3) is 3.09. The lowest BCUT2D eigenvalue weighted by atomic mass is 9.57. The summed E-state index contributed by atoms with van der Waals surface area (Å²) in [6, 6.07) is 7.28. The molecule has 1 saturated carbocycles. The molecule has 1 N–H and O–H groups in total. The summed E-state index contributed by atoms with van der Waals surface area (Å²) in [6.45, 7) is 5.89. The summed E-state index contributed by atoms with van der Waals surface area (Å²) in [4.78, 5) is 32.0. The molecule has 1 aliphatic rings. The molecule has 1 aliphatic carbocycles. The lowest BCUT2D eigenvalue weighted by molar-refractivity contribution is -0.385. The number of benzene rings is 1. The van der Waals surface area contributed by atoms with Crippen molar-refractivity contribution in [3.05, 3.63) is 69.8 Å². The highest BCUT2D eigenvalue weighted by Crippen LogP contribution is 2.52. The Labute approximate surface area is 173 Å². The predicted octanol–water partition coefficient (Wildman–Crippen LogP) is 5.29. The van der Waals surface area contributed by atoms with Crippen LogP contribution in [0.25, 0.3) is 11.0 Å². The van der Waals surface area contributed by atoms with Crippen LogP contribution < -0.4 is 0 Å². The van der Waals surface area contributed by atoms with Gasteiger partial charge >= 0.3 is 0 Å². The van der Waals surface area contributed by atoms with Crippen molar-refractivity contribution in [2.75, 3.05) is 0 Å². The number of Topliss-reactive ketones (excluding diaryl/α,β-unsaturated/α-hetero) is 1. The number of nitro benzene ring substituents is 1. The molecule has 30 heavy (non-hydrogen) atoms. The van der Waals surface area contributed by atoms with Crippen LogP contribution in [0.4, 0.5) is 10.1 Å². The van der Waals surface area contributed by atoms with Gasteiger partial charge in [0.1, 0.15) is 17.2 Å². The molecular formula is C23H24FN3O3. The fraction of sp³-hybridized carbons (Fsp3) is 0.391. The van der Waals surface area contributed by atoms with Crippen LogP contribution in [0.1, 0.15) is 50.7 Å². The average Bonchev–Trinajstić information content (AvgIpc) is 3.11. The van der Waals surface area contributed by atoms with Crippen molar-refractivity contribution in [2.24, 2.45) is 11.8 Å². The molecule has 0 spiro atoms. The zero-order valence-corrected chi connectivity index (χ0v) is 17.2. The maximum absolute atomic E-state index is 15.0. The summed E-state index contributed by atoms with van der Waals surface area (Å²) >= 11 is 0. The number of rotatable bonds is 4. The molecule has 1 fully saturated rings. The van der Waals surface area contributed by atoms with E-state index in [0.29, 0.717) is 18.5 Å². The van der Waals surface area contributed by atoms with Crippen molar-refractivity contribution in [3.8, 4) is 0 Å². The van der Waals surface area contributed by atoms with Gasteiger partial charge in [0.05, 0.1) is 10.8 Å². The Bertz CT molecular complexity index is 1140. The second kappa shape index (κ2) is 7.31. The molecule has 7 heteroatoms. The number of carbonyl (C=O) groups excluding carboxylic acids is 1. The molecule has 3 aromatic rings. The van der Waals surface area contributed by atoms with Crippen molar-refractivity contribution in [1.82, 2.24) is 9.97 Å². The van der Waals surface area contributed by atoms with E-state index in [1.54, 1.807) is 18.5 Å². The van der Waals surface area contributed by atoms with Crippen LogP contribution in [0.5, 0.6) is 0 Å². The van der Waals surface area contributed by atoms with Gasteiger partial charge in [-0.1, -0.05) is 20.8 Å². The van der Waals surface area contributed by atoms with Gasteiger partial charge in [0, 0.05) is 46.8 Å². The van der Waals surface area contributed by atoms with Crippen LogP contribution in [-0.4, -0.2) is 20.7 Å². The molecule has 2 heterocycles. The van der Waals surface area contributed by atoms with Crippen LogP contribution in [0.15, 0.2) is 42.7 Å². The number of ketones is 1. The lowest BCUT2D eigenvalue weighted by Crippen LogP contribution is -2.45. The SMILES string of the molecule is CC(C)C1CCC(C)(c2cc([N+](=O)[O-])ccc2F)C(c2c[nH]c3ncccc23)C1=O. The number of nitrogens with zero attached hydrogens (tertiary/aromatic N) is 2. The van der Waals surface area contributed by atoms with Crippen LogP contribution in [-0.2, 0) is 10.2 Å². The number of aromatic amines is 1. The highest BCUT2D eigenvalue weighted by Gasteiger charge is 2.50. The Morgan fingerprint density at radius 1 is 1.33 bits per heavy atom. The van der Waals surface area contributed by atoms with Crippen molar-refractivity contribution in [3.63, 3.8) is 0 Å². The summed E-state index contributed by atoms with van der Waals surface area (Å²) in [5.74, 6) is -1.10. The Morgan fingerprint density at radius 2 is 2.10 bits per heavy atom. The zero-order valence-electron chi connectivity index (χ0n) is 17.2. The van der Waals surface area contributed by atoms with Crippen molar-refractivity contribution in [2.45, 2.75) is 44.9 Å². The fourth-order valence-electron chi connectivity index (χ4n) is 5.00. The smallest absolute Gasteiger partial charge is 0.269 e. The molecule has 4 rings (SSSR count). The van der Waals surface area contributed by atoms with Gasteiger partial charge in [-0.05, 0) is 42.5 Å². The monoisotopic (exact) mass is 409 g/mol.